The summed E-state index contributed by atoms with van der Waals surface area (Å²) in [6.45, 7) is 6.48. The molecule has 4 nitrogen and oxygen atoms in total. The Hall–Kier alpha value is -0.610. The fraction of sp³-hybridized carbons (Fsp3) is 0.923. The number of hydrogen-bond acceptors (Lipinski definition) is 3. The van der Waals surface area contributed by atoms with Crippen LogP contribution >= 0.6 is 0 Å². The van der Waals surface area contributed by atoms with Gasteiger partial charge in [0.05, 0.1) is 6.10 Å². The van der Waals surface area contributed by atoms with Crippen LogP contribution in [0.4, 0.5) is 0 Å². The number of nitrogens with one attached hydrogen (secondary N) is 1. The molecule has 0 aromatic heterocycles. The van der Waals surface area contributed by atoms with Gasteiger partial charge in [0.15, 0.2) is 0 Å². The van der Waals surface area contributed by atoms with Gasteiger partial charge < -0.3 is 15.0 Å². The molecule has 1 N–H and O–H groups in total. The number of amides is 1. The molecule has 1 saturated carbocycles. The molecule has 0 bridgehead atoms. The molecule has 2 fully saturated rings. The number of ether oxygens (including phenoxy) is 1. The van der Waals surface area contributed by atoms with E-state index in [0.717, 1.165) is 58.5 Å². The number of carbonyl (C=O) groups is 1. The van der Waals surface area contributed by atoms with E-state index in [0.29, 0.717) is 12.0 Å². The molecule has 0 spiro atoms. The smallest absolute Gasteiger partial charge is 0.225 e. The van der Waals surface area contributed by atoms with Gasteiger partial charge in [0, 0.05) is 38.7 Å². The molecule has 1 aliphatic carbocycles. The zero-order valence-corrected chi connectivity index (χ0v) is 10.8. The summed E-state index contributed by atoms with van der Waals surface area (Å²) in [7, 11) is 0. The number of nitrogens with zero attached hydrogens (tertiary/aromatic N) is 1. The van der Waals surface area contributed by atoms with E-state index in [1.54, 1.807) is 0 Å². The number of carbonyl (C=O) groups excluding carboxylic acids is 1. The number of piperazine rings is 1. The summed E-state index contributed by atoms with van der Waals surface area (Å²) in [5.74, 6) is 0.631. The van der Waals surface area contributed by atoms with E-state index in [-0.39, 0.29) is 5.92 Å². The molecule has 0 atom stereocenters. The highest BCUT2D eigenvalue weighted by Gasteiger charge is 2.29. The van der Waals surface area contributed by atoms with Gasteiger partial charge in [-0.05, 0) is 32.6 Å². The van der Waals surface area contributed by atoms with Gasteiger partial charge in [-0.1, -0.05) is 0 Å². The van der Waals surface area contributed by atoms with Crippen molar-refractivity contribution in [3.8, 4) is 0 Å². The minimum absolute atomic E-state index is 0.254. The van der Waals surface area contributed by atoms with Gasteiger partial charge in [-0.2, -0.15) is 0 Å². The SMILES string of the molecule is CCO[C@H]1CC[C@@H](C(=O)N2CCNCC2)CC1. The van der Waals surface area contributed by atoms with E-state index in [1.165, 1.54) is 0 Å². The third-order valence-corrected chi connectivity index (χ3v) is 3.85. The van der Waals surface area contributed by atoms with Crippen molar-refractivity contribution in [2.45, 2.75) is 38.7 Å². The molecule has 2 aliphatic rings. The van der Waals surface area contributed by atoms with Crippen LogP contribution in [0.1, 0.15) is 32.6 Å². The average Bonchev–Trinajstić information content (AvgIpc) is 2.40. The molecule has 1 aliphatic heterocycles. The first kappa shape index (κ1) is 12.8. The fourth-order valence-corrected chi connectivity index (χ4v) is 2.86. The summed E-state index contributed by atoms with van der Waals surface area (Å²) in [4.78, 5) is 14.3. The lowest BCUT2D eigenvalue weighted by atomic mass is 9.86. The van der Waals surface area contributed by atoms with E-state index in [9.17, 15) is 4.79 Å². The van der Waals surface area contributed by atoms with Crippen molar-refractivity contribution in [3.63, 3.8) is 0 Å². The number of rotatable bonds is 3. The van der Waals surface area contributed by atoms with Gasteiger partial charge >= 0.3 is 0 Å². The zero-order valence-electron chi connectivity index (χ0n) is 10.8. The standard InChI is InChI=1S/C13H24N2O2/c1-2-17-12-5-3-11(4-6-12)13(16)15-9-7-14-8-10-15/h11-12,14H,2-10H2,1H3/t11-,12+. The monoisotopic (exact) mass is 240 g/mol. The molecular formula is C13H24N2O2. The first-order valence-corrected chi connectivity index (χ1v) is 6.92. The number of hydrogen-bond donors (Lipinski definition) is 1. The first-order valence-electron chi connectivity index (χ1n) is 6.92. The van der Waals surface area contributed by atoms with Crippen molar-refractivity contribution in [1.82, 2.24) is 10.2 Å². The highest BCUT2D eigenvalue weighted by atomic mass is 16.5. The van der Waals surface area contributed by atoms with Crippen LogP contribution in [0, 0.1) is 5.92 Å². The predicted molar refractivity (Wildman–Crippen MR) is 66.8 cm³/mol. The Morgan fingerprint density at radius 1 is 1.24 bits per heavy atom. The lowest BCUT2D eigenvalue weighted by molar-refractivity contribution is -0.138. The van der Waals surface area contributed by atoms with Gasteiger partial charge in [-0.3, -0.25) is 4.79 Å². The maximum Gasteiger partial charge on any atom is 0.225 e. The van der Waals surface area contributed by atoms with Crippen molar-refractivity contribution in [2.24, 2.45) is 5.92 Å². The Morgan fingerprint density at radius 2 is 1.88 bits per heavy atom. The molecule has 0 aromatic rings. The van der Waals surface area contributed by atoms with Crippen molar-refractivity contribution >= 4 is 5.91 Å². The summed E-state index contributed by atoms with van der Waals surface area (Å²) in [5.41, 5.74) is 0. The van der Waals surface area contributed by atoms with E-state index in [2.05, 4.69) is 5.32 Å². The highest BCUT2D eigenvalue weighted by Crippen LogP contribution is 2.27. The second-order valence-electron chi connectivity index (χ2n) is 5.00. The van der Waals surface area contributed by atoms with E-state index < -0.39 is 0 Å². The minimum atomic E-state index is 0.254. The highest BCUT2D eigenvalue weighted by molar-refractivity contribution is 5.79. The van der Waals surface area contributed by atoms with Gasteiger partial charge in [0.25, 0.3) is 0 Å². The molecular weight excluding hydrogens is 216 g/mol. The Balaban J connectivity index is 1.77. The summed E-state index contributed by atoms with van der Waals surface area (Å²) in [6, 6.07) is 0. The zero-order chi connectivity index (χ0) is 12.1. The second-order valence-corrected chi connectivity index (χ2v) is 5.00. The Bertz CT molecular complexity index is 244. The molecule has 1 heterocycles. The largest absolute Gasteiger partial charge is 0.379 e. The third kappa shape index (κ3) is 3.42. The summed E-state index contributed by atoms with van der Waals surface area (Å²) in [6.07, 6.45) is 4.51. The molecule has 1 saturated heterocycles. The molecule has 0 aromatic carbocycles. The summed E-state index contributed by atoms with van der Waals surface area (Å²) >= 11 is 0. The summed E-state index contributed by atoms with van der Waals surface area (Å²) < 4.78 is 5.62. The van der Waals surface area contributed by atoms with Crippen LogP contribution in [-0.2, 0) is 9.53 Å². The van der Waals surface area contributed by atoms with Crippen LogP contribution in [0.2, 0.25) is 0 Å². The van der Waals surface area contributed by atoms with Crippen LogP contribution in [0.5, 0.6) is 0 Å². The van der Waals surface area contributed by atoms with Crippen molar-refractivity contribution in [2.75, 3.05) is 32.8 Å². The van der Waals surface area contributed by atoms with Gasteiger partial charge in [-0.25, -0.2) is 0 Å². The van der Waals surface area contributed by atoms with Crippen LogP contribution < -0.4 is 5.32 Å². The first-order chi connectivity index (χ1) is 8.31. The maximum atomic E-state index is 12.3. The van der Waals surface area contributed by atoms with Crippen molar-refractivity contribution in [3.05, 3.63) is 0 Å². The molecule has 98 valence electrons. The Labute approximate surface area is 104 Å². The average molecular weight is 240 g/mol. The van der Waals surface area contributed by atoms with Crippen LogP contribution in [0.3, 0.4) is 0 Å². The Morgan fingerprint density at radius 3 is 2.47 bits per heavy atom. The quantitative estimate of drug-likeness (QED) is 0.800. The maximum absolute atomic E-state index is 12.3. The molecule has 4 heteroatoms. The van der Waals surface area contributed by atoms with Gasteiger partial charge in [0.2, 0.25) is 5.91 Å². The second kappa shape index (κ2) is 6.36. The van der Waals surface area contributed by atoms with Crippen molar-refractivity contribution in [1.29, 1.82) is 0 Å². The molecule has 2 rings (SSSR count). The molecule has 0 radical (unpaired) electrons. The summed E-state index contributed by atoms with van der Waals surface area (Å²) in [5, 5.41) is 3.28. The fourth-order valence-electron chi connectivity index (χ4n) is 2.86. The molecule has 17 heavy (non-hydrogen) atoms. The third-order valence-electron chi connectivity index (χ3n) is 3.85. The topological polar surface area (TPSA) is 41.6 Å². The molecule has 0 unspecified atom stereocenters. The van der Waals surface area contributed by atoms with Crippen LogP contribution in [0.25, 0.3) is 0 Å². The van der Waals surface area contributed by atoms with Gasteiger partial charge in [-0.15, -0.1) is 0 Å². The normalized spacial score (nSPS) is 30.3. The van der Waals surface area contributed by atoms with Gasteiger partial charge in [0.1, 0.15) is 0 Å². The van der Waals surface area contributed by atoms with E-state index in [1.807, 2.05) is 11.8 Å². The predicted octanol–water partition coefficient (Wildman–Crippen LogP) is 1.01. The lowest BCUT2D eigenvalue weighted by Gasteiger charge is -2.34. The molecule has 1 amide bonds. The van der Waals surface area contributed by atoms with Crippen molar-refractivity contribution < 1.29 is 9.53 Å². The van der Waals surface area contributed by atoms with E-state index >= 15 is 0 Å². The Kier molecular flexibility index (Phi) is 4.80. The van der Waals surface area contributed by atoms with Crippen LogP contribution in [0.15, 0.2) is 0 Å². The van der Waals surface area contributed by atoms with E-state index in [4.69, 9.17) is 4.74 Å². The minimum Gasteiger partial charge on any atom is -0.379 e. The van der Waals surface area contributed by atoms with Crippen LogP contribution in [-0.4, -0.2) is 49.7 Å². The lowest BCUT2D eigenvalue weighted by Crippen LogP contribution is -2.49.